The number of pyridine rings is 1. The second-order valence-corrected chi connectivity index (χ2v) is 7.42. The van der Waals surface area contributed by atoms with Gasteiger partial charge < -0.3 is 15.1 Å². The fourth-order valence-electron chi connectivity index (χ4n) is 3.00. The Morgan fingerprint density at radius 1 is 1.00 bits per heavy atom. The predicted octanol–water partition coefficient (Wildman–Crippen LogP) is 3.25. The third kappa shape index (κ3) is 4.50. The predicted molar refractivity (Wildman–Crippen MR) is 102 cm³/mol. The summed E-state index contributed by atoms with van der Waals surface area (Å²) >= 11 is 0. The molecule has 1 amide bonds. The maximum atomic E-state index is 12.7. The summed E-state index contributed by atoms with van der Waals surface area (Å²) in [6.45, 7) is 9.42. The van der Waals surface area contributed by atoms with Crippen molar-refractivity contribution in [2.75, 3.05) is 36.4 Å². The van der Waals surface area contributed by atoms with Crippen molar-refractivity contribution in [2.24, 2.45) is 0 Å². The van der Waals surface area contributed by atoms with Gasteiger partial charge in [0.05, 0.1) is 11.9 Å². The first-order valence-corrected chi connectivity index (χ1v) is 8.76. The van der Waals surface area contributed by atoms with E-state index in [1.165, 1.54) is 5.69 Å². The summed E-state index contributed by atoms with van der Waals surface area (Å²) in [5.41, 5.74) is 2.62. The number of amides is 1. The number of rotatable bonds is 3. The smallest absolute Gasteiger partial charge is 0.272 e. The van der Waals surface area contributed by atoms with Gasteiger partial charge in [0.2, 0.25) is 0 Å². The van der Waals surface area contributed by atoms with Crippen LogP contribution in [0.5, 0.6) is 0 Å². The van der Waals surface area contributed by atoms with E-state index in [1.54, 1.807) is 12.3 Å². The van der Waals surface area contributed by atoms with E-state index in [0.29, 0.717) is 5.69 Å². The van der Waals surface area contributed by atoms with Crippen LogP contribution in [0.2, 0.25) is 0 Å². The van der Waals surface area contributed by atoms with Gasteiger partial charge in [-0.05, 0) is 45.0 Å². The molecule has 0 spiro atoms. The van der Waals surface area contributed by atoms with Gasteiger partial charge in [-0.2, -0.15) is 0 Å². The molecule has 0 radical (unpaired) electrons. The lowest BCUT2D eigenvalue weighted by Gasteiger charge is -2.36. The maximum absolute atomic E-state index is 12.7. The Labute approximate surface area is 149 Å². The van der Waals surface area contributed by atoms with Crippen LogP contribution in [-0.2, 0) is 0 Å². The van der Waals surface area contributed by atoms with Crippen LogP contribution in [0.25, 0.3) is 0 Å². The highest BCUT2D eigenvalue weighted by atomic mass is 16.2. The molecule has 1 aromatic carbocycles. The standard InChI is InChI=1S/C20H26N4O/c1-20(2,3)22-16-9-10-18(21-15-16)19(25)24-13-11-23(12-14-24)17-7-5-4-6-8-17/h4-10,15,22H,11-14H2,1-3H3. The third-order valence-electron chi connectivity index (χ3n) is 4.19. The van der Waals surface area contributed by atoms with Crippen LogP contribution in [0.4, 0.5) is 11.4 Å². The summed E-state index contributed by atoms with van der Waals surface area (Å²) in [5.74, 6) is 0.00928. The first kappa shape index (κ1) is 17.3. The van der Waals surface area contributed by atoms with Gasteiger partial charge in [-0.15, -0.1) is 0 Å². The van der Waals surface area contributed by atoms with Crippen LogP contribution in [0, 0.1) is 0 Å². The average Bonchev–Trinajstić information content (AvgIpc) is 2.61. The second kappa shape index (κ2) is 7.13. The number of anilines is 2. The molecule has 1 aliphatic heterocycles. The van der Waals surface area contributed by atoms with Gasteiger partial charge in [0.25, 0.3) is 5.91 Å². The molecular formula is C20H26N4O. The van der Waals surface area contributed by atoms with Crippen LogP contribution in [0.15, 0.2) is 48.7 Å². The molecule has 1 aliphatic rings. The maximum Gasteiger partial charge on any atom is 0.272 e. The second-order valence-electron chi connectivity index (χ2n) is 7.42. The Bertz CT molecular complexity index is 699. The topological polar surface area (TPSA) is 48.5 Å². The summed E-state index contributed by atoms with van der Waals surface area (Å²) < 4.78 is 0. The van der Waals surface area contributed by atoms with Crippen molar-refractivity contribution in [2.45, 2.75) is 26.3 Å². The van der Waals surface area contributed by atoms with Gasteiger partial charge in [0.15, 0.2) is 0 Å². The average molecular weight is 338 g/mol. The SMILES string of the molecule is CC(C)(C)Nc1ccc(C(=O)N2CCN(c3ccccc3)CC2)nc1. The van der Waals surface area contributed by atoms with E-state index in [1.807, 2.05) is 29.2 Å². The van der Waals surface area contributed by atoms with Crippen molar-refractivity contribution < 1.29 is 4.79 Å². The van der Waals surface area contributed by atoms with Crippen molar-refractivity contribution in [3.63, 3.8) is 0 Å². The zero-order valence-electron chi connectivity index (χ0n) is 15.2. The molecule has 2 aromatic rings. The Balaban J connectivity index is 1.59. The van der Waals surface area contributed by atoms with Crippen molar-refractivity contribution >= 4 is 17.3 Å². The van der Waals surface area contributed by atoms with Gasteiger partial charge in [-0.1, -0.05) is 18.2 Å². The number of piperazine rings is 1. The monoisotopic (exact) mass is 338 g/mol. The normalized spacial score (nSPS) is 15.2. The number of nitrogens with zero attached hydrogens (tertiary/aromatic N) is 3. The molecule has 0 aliphatic carbocycles. The molecule has 3 rings (SSSR count). The molecule has 1 aromatic heterocycles. The molecule has 2 heterocycles. The Morgan fingerprint density at radius 2 is 1.68 bits per heavy atom. The molecule has 0 bridgehead atoms. The quantitative estimate of drug-likeness (QED) is 0.933. The fourth-order valence-corrected chi connectivity index (χ4v) is 3.00. The Morgan fingerprint density at radius 3 is 2.24 bits per heavy atom. The van der Waals surface area contributed by atoms with E-state index in [4.69, 9.17) is 0 Å². The molecule has 0 atom stereocenters. The fraction of sp³-hybridized carbons (Fsp3) is 0.400. The van der Waals surface area contributed by atoms with E-state index >= 15 is 0 Å². The van der Waals surface area contributed by atoms with Gasteiger partial charge in [0, 0.05) is 37.4 Å². The summed E-state index contributed by atoms with van der Waals surface area (Å²) in [6, 6.07) is 14.1. The van der Waals surface area contributed by atoms with Gasteiger partial charge >= 0.3 is 0 Å². The van der Waals surface area contributed by atoms with Crippen LogP contribution in [0.3, 0.4) is 0 Å². The number of hydrogen-bond acceptors (Lipinski definition) is 4. The number of carbonyl (C=O) groups excluding carboxylic acids is 1. The van der Waals surface area contributed by atoms with Crippen LogP contribution < -0.4 is 10.2 Å². The molecule has 0 unspecified atom stereocenters. The first-order valence-electron chi connectivity index (χ1n) is 8.76. The summed E-state index contributed by atoms with van der Waals surface area (Å²) in [5, 5.41) is 3.36. The number of para-hydroxylation sites is 1. The lowest BCUT2D eigenvalue weighted by atomic mass is 10.1. The van der Waals surface area contributed by atoms with Crippen LogP contribution in [-0.4, -0.2) is 47.5 Å². The summed E-state index contributed by atoms with van der Waals surface area (Å²) in [6.07, 6.45) is 1.73. The molecule has 1 fully saturated rings. The van der Waals surface area contributed by atoms with Crippen molar-refractivity contribution in [3.8, 4) is 0 Å². The Hall–Kier alpha value is -2.56. The molecule has 5 nitrogen and oxygen atoms in total. The highest BCUT2D eigenvalue weighted by Crippen LogP contribution is 2.18. The van der Waals surface area contributed by atoms with Crippen molar-refractivity contribution in [1.82, 2.24) is 9.88 Å². The Kier molecular flexibility index (Phi) is 4.93. The van der Waals surface area contributed by atoms with Crippen LogP contribution >= 0.6 is 0 Å². The summed E-state index contributed by atoms with van der Waals surface area (Å²) in [4.78, 5) is 21.2. The van der Waals surface area contributed by atoms with E-state index < -0.39 is 0 Å². The summed E-state index contributed by atoms with van der Waals surface area (Å²) in [7, 11) is 0. The van der Waals surface area contributed by atoms with Crippen molar-refractivity contribution in [1.29, 1.82) is 0 Å². The number of aromatic nitrogens is 1. The zero-order chi connectivity index (χ0) is 17.9. The van der Waals surface area contributed by atoms with Crippen LogP contribution in [0.1, 0.15) is 31.3 Å². The van der Waals surface area contributed by atoms with E-state index in [0.717, 1.165) is 31.9 Å². The molecule has 132 valence electrons. The lowest BCUT2D eigenvalue weighted by Crippen LogP contribution is -2.49. The number of nitrogens with one attached hydrogen (secondary N) is 1. The molecule has 1 N–H and O–H groups in total. The minimum absolute atomic E-state index is 0.00928. The van der Waals surface area contributed by atoms with E-state index in [2.05, 4.69) is 48.1 Å². The highest BCUT2D eigenvalue weighted by Gasteiger charge is 2.23. The minimum Gasteiger partial charge on any atom is -0.379 e. The third-order valence-corrected chi connectivity index (χ3v) is 4.19. The highest BCUT2D eigenvalue weighted by molar-refractivity contribution is 5.92. The molecular weight excluding hydrogens is 312 g/mol. The van der Waals surface area contributed by atoms with Gasteiger partial charge in [-0.25, -0.2) is 4.98 Å². The molecule has 1 saturated heterocycles. The van der Waals surface area contributed by atoms with Gasteiger partial charge in [-0.3, -0.25) is 4.79 Å². The zero-order valence-corrected chi connectivity index (χ0v) is 15.2. The molecule has 0 saturated carbocycles. The molecule has 25 heavy (non-hydrogen) atoms. The largest absolute Gasteiger partial charge is 0.379 e. The lowest BCUT2D eigenvalue weighted by molar-refractivity contribution is 0.0741. The van der Waals surface area contributed by atoms with Gasteiger partial charge in [0.1, 0.15) is 5.69 Å². The van der Waals surface area contributed by atoms with E-state index in [9.17, 15) is 4.79 Å². The first-order chi connectivity index (χ1) is 11.9. The molecule has 5 heteroatoms. The van der Waals surface area contributed by atoms with Crippen molar-refractivity contribution in [3.05, 3.63) is 54.4 Å². The minimum atomic E-state index is -0.0268. The number of carbonyl (C=O) groups is 1. The number of hydrogen-bond donors (Lipinski definition) is 1. The van der Waals surface area contributed by atoms with E-state index in [-0.39, 0.29) is 11.4 Å². The number of benzene rings is 1.